The fourth-order valence-corrected chi connectivity index (χ4v) is 5.07. The van der Waals surface area contributed by atoms with Gasteiger partial charge in [-0.15, -0.1) is 0 Å². The van der Waals surface area contributed by atoms with E-state index < -0.39 is 18.1 Å². The summed E-state index contributed by atoms with van der Waals surface area (Å²) in [6, 6.07) is 5.20. The van der Waals surface area contributed by atoms with E-state index in [2.05, 4.69) is 0 Å². The van der Waals surface area contributed by atoms with E-state index in [0.29, 0.717) is 38.3 Å². The van der Waals surface area contributed by atoms with Crippen molar-refractivity contribution in [1.82, 2.24) is 14.7 Å². The maximum Gasteiger partial charge on any atom is 0.320 e. The molecule has 1 aromatic rings. The van der Waals surface area contributed by atoms with Crippen LogP contribution in [-0.2, 0) is 14.4 Å². The molecule has 2 aliphatic heterocycles. The minimum atomic E-state index is -0.936. The number of carbonyl (C=O) groups excluding carboxylic acids is 2. The van der Waals surface area contributed by atoms with E-state index in [4.69, 9.17) is 12.6 Å². The summed E-state index contributed by atoms with van der Waals surface area (Å²) in [5.41, 5.74) is 1.45. The Morgan fingerprint density at radius 1 is 1.15 bits per heavy atom. The standard InChI is InChI=1S/C25H32FN3O4S/c1-16(25(32)33)28-13-12-27(22(30)15-28)10-8-18-14-29(11-9-21(18)34)23(24(31)17-6-7-17)19-4-2-3-5-20(19)26/h2-5,8,16-17,21,23,34H,6-7,9-15H2,1H3,(H,32,33)/b18-8+. The predicted molar refractivity (Wildman–Crippen MR) is 129 cm³/mol. The van der Waals surface area contributed by atoms with Crippen LogP contribution in [-0.4, -0.2) is 88.0 Å². The monoisotopic (exact) mass is 489 g/mol. The molecule has 7 nitrogen and oxygen atoms in total. The van der Waals surface area contributed by atoms with Crippen molar-refractivity contribution in [2.45, 2.75) is 43.5 Å². The van der Waals surface area contributed by atoms with Crippen LogP contribution in [0.5, 0.6) is 0 Å². The van der Waals surface area contributed by atoms with Gasteiger partial charge in [0.15, 0.2) is 5.78 Å². The summed E-state index contributed by atoms with van der Waals surface area (Å²) in [5, 5.41) is 9.21. The van der Waals surface area contributed by atoms with Crippen LogP contribution in [0.3, 0.4) is 0 Å². The average Bonchev–Trinajstić information content (AvgIpc) is 3.66. The highest BCUT2D eigenvalue weighted by Gasteiger charge is 2.41. The van der Waals surface area contributed by atoms with Crippen molar-refractivity contribution in [2.75, 3.05) is 39.3 Å². The Kier molecular flexibility index (Phi) is 7.74. The number of carboxylic acid groups (broad SMARTS) is 1. The molecule has 3 fully saturated rings. The number of carbonyl (C=O) groups is 3. The maximum absolute atomic E-state index is 14.7. The number of thiol groups is 1. The first-order valence-corrected chi connectivity index (χ1v) is 12.4. The zero-order valence-corrected chi connectivity index (χ0v) is 20.3. The van der Waals surface area contributed by atoms with Crippen LogP contribution in [0.4, 0.5) is 4.39 Å². The molecule has 0 radical (unpaired) electrons. The normalized spacial score (nSPS) is 25.4. The number of likely N-dealkylation sites (tertiary alicyclic amines) is 1. The van der Waals surface area contributed by atoms with Crippen molar-refractivity contribution in [1.29, 1.82) is 0 Å². The van der Waals surface area contributed by atoms with Gasteiger partial charge in [0.25, 0.3) is 0 Å². The molecular formula is C25H32FN3O4S. The fourth-order valence-electron chi connectivity index (χ4n) is 4.77. The number of aliphatic carboxylic acids is 1. The number of nitrogens with zero attached hydrogens (tertiary/aromatic N) is 3. The summed E-state index contributed by atoms with van der Waals surface area (Å²) in [6.07, 6.45) is 4.46. The molecule has 9 heteroatoms. The lowest BCUT2D eigenvalue weighted by atomic mass is 9.93. The summed E-state index contributed by atoms with van der Waals surface area (Å²) in [6.45, 7) is 4.19. The number of piperidine rings is 1. The van der Waals surface area contributed by atoms with Crippen molar-refractivity contribution in [3.05, 3.63) is 47.3 Å². The third kappa shape index (κ3) is 5.53. The van der Waals surface area contributed by atoms with E-state index in [1.165, 1.54) is 6.07 Å². The van der Waals surface area contributed by atoms with Crippen LogP contribution in [0.15, 0.2) is 35.9 Å². The molecule has 2 saturated heterocycles. The van der Waals surface area contributed by atoms with Gasteiger partial charge in [-0.05, 0) is 37.8 Å². The van der Waals surface area contributed by atoms with Gasteiger partial charge < -0.3 is 10.0 Å². The van der Waals surface area contributed by atoms with Crippen molar-refractivity contribution >= 4 is 30.3 Å². The van der Waals surface area contributed by atoms with E-state index in [-0.39, 0.29) is 35.2 Å². The predicted octanol–water partition coefficient (Wildman–Crippen LogP) is 2.39. The number of hydrogen-bond acceptors (Lipinski definition) is 6. The Morgan fingerprint density at radius 2 is 1.88 bits per heavy atom. The third-order valence-corrected chi connectivity index (χ3v) is 7.73. The second kappa shape index (κ2) is 10.6. The van der Waals surface area contributed by atoms with Gasteiger partial charge in [-0.1, -0.05) is 24.3 Å². The molecule has 34 heavy (non-hydrogen) atoms. The van der Waals surface area contributed by atoms with Crippen LogP contribution in [0, 0.1) is 11.7 Å². The summed E-state index contributed by atoms with van der Waals surface area (Å²) in [4.78, 5) is 42.4. The number of ketones is 1. The van der Waals surface area contributed by atoms with E-state index in [0.717, 1.165) is 24.8 Å². The van der Waals surface area contributed by atoms with E-state index in [1.54, 1.807) is 34.9 Å². The number of hydrogen-bond donors (Lipinski definition) is 2. The third-order valence-electron chi connectivity index (χ3n) is 7.14. The van der Waals surface area contributed by atoms with Crippen molar-refractivity contribution < 1.29 is 23.9 Å². The molecular weight excluding hydrogens is 457 g/mol. The number of amides is 1. The summed E-state index contributed by atoms with van der Waals surface area (Å²) < 4.78 is 14.7. The molecule has 4 rings (SSSR count). The molecule has 3 aliphatic rings. The second-order valence-corrected chi connectivity index (χ2v) is 10.1. The van der Waals surface area contributed by atoms with Gasteiger partial charge in [0.2, 0.25) is 5.91 Å². The first kappa shape index (κ1) is 24.9. The fraction of sp³-hybridized carbons (Fsp3) is 0.560. The summed E-state index contributed by atoms with van der Waals surface area (Å²) >= 11 is 4.73. The number of carboxylic acids is 1. The number of piperazine rings is 1. The van der Waals surface area contributed by atoms with E-state index in [1.807, 2.05) is 11.0 Å². The lowest BCUT2D eigenvalue weighted by molar-refractivity contribution is -0.146. The molecule has 0 bridgehead atoms. The van der Waals surface area contributed by atoms with Gasteiger partial charge in [0.1, 0.15) is 11.9 Å². The topological polar surface area (TPSA) is 81.2 Å². The lowest BCUT2D eigenvalue weighted by Crippen LogP contribution is -2.54. The largest absolute Gasteiger partial charge is 0.480 e. The lowest BCUT2D eigenvalue weighted by Gasteiger charge is -2.38. The first-order chi connectivity index (χ1) is 16.3. The molecule has 184 valence electrons. The number of halogens is 1. The molecule has 1 amide bonds. The van der Waals surface area contributed by atoms with E-state index >= 15 is 0 Å². The minimum absolute atomic E-state index is 0.00729. The number of rotatable bonds is 8. The Labute approximate surface area is 205 Å². The minimum Gasteiger partial charge on any atom is -0.480 e. The Balaban J connectivity index is 1.46. The highest BCUT2D eigenvalue weighted by molar-refractivity contribution is 7.81. The highest BCUT2D eigenvalue weighted by atomic mass is 32.1. The van der Waals surface area contributed by atoms with Gasteiger partial charge in [0.05, 0.1) is 12.6 Å². The Bertz CT molecular complexity index is 983. The Hall–Kier alpha value is -2.23. The van der Waals surface area contributed by atoms with Crippen LogP contribution < -0.4 is 0 Å². The molecule has 2 heterocycles. The zero-order chi connectivity index (χ0) is 24.4. The van der Waals surface area contributed by atoms with Crippen molar-refractivity contribution in [3.63, 3.8) is 0 Å². The number of benzene rings is 1. The van der Waals surface area contributed by atoms with Gasteiger partial charge in [-0.25, -0.2) is 4.39 Å². The van der Waals surface area contributed by atoms with Crippen molar-refractivity contribution in [2.24, 2.45) is 5.92 Å². The molecule has 1 N–H and O–H groups in total. The van der Waals surface area contributed by atoms with Gasteiger partial charge in [-0.2, -0.15) is 12.6 Å². The van der Waals surface area contributed by atoms with Crippen LogP contribution >= 0.6 is 12.6 Å². The van der Waals surface area contributed by atoms with Crippen molar-refractivity contribution in [3.8, 4) is 0 Å². The molecule has 3 atom stereocenters. The maximum atomic E-state index is 14.7. The smallest absolute Gasteiger partial charge is 0.320 e. The summed E-state index contributed by atoms with van der Waals surface area (Å²) in [5.74, 6) is -1.31. The highest BCUT2D eigenvalue weighted by Crippen LogP contribution is 2.39. The van der Waals surface area contributed by atoms with Crippen LogP contribution in [0.25, 0.3) is 0 Å². The second-order valence-electron chi connectivity index (χ2n) is 9.48. The zero-order valence-electron chi connectivity index (χ0n) is 19.4. The Morgan fingerprint density at radius 3 is 2.53 bits per heavy atom. The number of Topliss-reactive ketones (excluding diaryl/α,β-unsaturated/α-hetero) is 1. The first-order valence-electron chi connectivity index (χ1n) is 11.9. The molecule has 3 unspecified atom stereocenters. The quantitative estimate of drug-likeness (QED) is 0.431. The van der Waals surface area contributed by atoms with Crippen LogP contribution in [0.1, 0.15) is 37.8 Å². The SMILES string of the molecule is CC(C(=O)O)N1CCN(C/C=C2\CN(C(C(=O)C3CC3)c3ccccc3F)CCC2S)C(=O)C1. The van der Waals surface area contributed by atoms with Gasteiger partial charge >= 0.3 is 5.97 Å². The molecule has 0 spiro atoms. The average molecular weight is 490 g/mol. The molecule has 1 saturated carbocycles. The van der Waals surface area contributed by atoms with E-state index in [9.17, 15) is 23.9 Å². The summed E-state index contributed by atoms with van der Waals surface area (Å²) in [7, 11) is 0. The van der Waals surface area contributed by atoms with Gasteiger partial charge in [0, 0.05) is 49.5 Å². The van der Waals surface area contributed by atoms with Gasteiger partial charge in [-0.3, -0.25) is 24.2 Å². The molecule has 0 aromatic heterocycles. The van der Waals surface area contributed by atoms with Crippen LogP contribution in [0.2, 0.25) is 0 Å². The molecule has 1 aromatic carbocycles. The molecule has 1 aliphatic carbocycles.